The third kappa shape index (κ3) is 4.22. The van der Waals surface area contributed by atoms with Crippen LogP contribution in [0.2, 0.25) is 0 Å². The number of rotatable bonds is 6. The van der Waals surface area contributed by atoms with Crippen LogP contribution in [0.25, 0.3) is 0 Å². The van der Waals surface area contributed by atoms with Gasteiger partial charge in [0.05, 0.1) is 0 Å². The molecule has 0 heterocycles. The highest BCUT2D eigenvalue weighted by Gasteiger charge is 2.13. The lowest BCUT2D eigenvalue weighted by atomic mass is 9.85. The van der Waals surface area contributed by atoms with E-state index in [-0.39, 0.29) is 0 Å². The highest BCUT2D eigenvalue weighted by Crippen LogP contribution is 2.28. The first-order valence-electron chi connectivity index (χ1n) is 6.48. The summed E-state index contributed by atoms with van der Waals surface area (Å²) in [6.45, 7) is 12.1. The van der Waals surface area contributed by atoms with Crippen molar-refractivity contribution in [2.75, 3.05) is 0 Å². The van der Waals surface area contributed by atoms with Gasteiger partial charge in [-0.2, -0.15) is 0 Å². The van der Waals surface area contributed by atoms with E-state index in [2.05, 4.69) is 51.3 Å². The van der Waals surface area contributed by atoms with Crippen LogP contribution in [0, 0.1) is 11.8 Å². The van der Waals surface area contributed by atoms with Gasteiger partial charge in [-0.3, -0.25) is 0 Å². The molecule has 0 amide bonds. The van der Waals surface area contributed by atoms with Crippen molar-refractivity contribution >= 4 is 0 Å². The molecular weight excluding hydrogens is 204 g/mol. The molecule has 1 rings (SSSR count). The van der Waals surface area contributed by atoms with Crippen molar-refractivity contribution in [1.29, 1.82) is 0 Å². The van der Waals surface area contributed by atoms with Gasteiger partial charge in [0.15, 0.2) is 0 Å². The van der Waals surface area contributed by atoms with Crippen molar-refractivity contribution in [2.24, 2.45) is 11.8 Å². The first-order valence-corrected chi connectivity index (χ1v) is 6.48. The van der Waals surface area contributed by atoms with Crippen molar-refractivity contribution < 1.29 is 0 Å². The Morgan fingerprint density at radius 2 is 2.24 bits per heavy atom. The van der Waals surface area contributed by atoms with E-state index in [1.807, 2.05) is 12.2 Å². The monoisotopic (exact) mass is 228 g/mol. The third-order valence-corrected chi connectivity index (χ3v) is 3.31. The molecule has 0 nitrogen and oxygen atoms in total. The fraction of sp³-hybridized carbons (Fsp3) is 0.412. The summed E-state index contributed by atoms with van der Waals surface area (Å²) in [6.07, 6.45) is 16.4. The van der Waals surface area contributed by atoms with Gasteiger partial charge in [0.1, 0.15) is 0 Å². The van der Waals surface area contributed by atoms with E-state index >= 15 is 0 Å². The minimum absolute atomic E-state index is 0.523. The van der Waals surface area contributed by atoms with Gasteiger partial charge in [-0.25, -0.2) is 0 Å². The van der Waals surface area contributed by atoms with Crippen LogP contribution in [0.4, 0.5) is 0 Å². The zero-order chi connectivity index (χ0) is 12.7. The Bertz CT molecular complexity index is 352. The van der Waals surface area contributed by atoms with E-state index in [9.17, 15) is 0 Å². The summed E-state index contributed by atoms with van der Waals surface area (Å²) in [5, 5.41) is 0. The second kappa shape index (κ2) is 7.11. The smallest absolute Gasteiger partial charge is 0.0156 e. The first kappa shape index (κ1) is 13.8. The van der Waals surface area contributed by atoms with E-state index in [0.717, 1.165) is 19.3 Å². The average molecular weight is 228 g/mol. The van der Waals surface area contributed by atoms with Gasteiger partial charge in [-0.1, -0.05) is 49.0 Å². The molecule has 0 saturated heterocycles. The minimum atomic E-state index is 0.523. The molecule has 17 heavy (non-hydrogen) atoms. The molecule has 0 radical (unpaired) electrons. The highest BCUT2D eigenvalue weighted by molar-refractivity contribution is 5.36. The summed E-state index contributed by atoms with van der Waals surface area (Å²) in [7, 11) is 0. The van der Waals surface area contributed by atoms with Crippen LogP contribution < -0.4 is 0 Å². The molecule has 0 aromatic heterocycles. The SMILES string of the molecule is C=CCC(C=C)CC1=CCC(C)C(C=CC)=C1. The second-order valence-electron chi connectivity index (χ2n) is 4.78. The zero-order valence-electron chi connectivity index (χ0n) is 11.2. The summed E-state index contributed by atoms with van der Waals surface area (Å²) in [5.74, 6) is 1.17. The summed E-state index contributed by atoms with van der Waals surface area (Å²) >= 11 is 0. The fourth-order valence-corrected chi connectivity index (χ4v) is 2.21. The molecule has 0 bridgehead atoms. The molecule has 2 atom stereocenters. The summed E-state index contributed by atoms with van der Waals surface area (Å²) in [6, 6.07) is 0. The van der Waals surface area contributed by atoms with E-state index < -0.39 is 0 Å². The molecule has 1 aliphatic rings. The van der Waals surface area contributed by atoms with Crippen LogP contribution in [-0.2, 0) is 0 Å². The van der Waals surface area contributed by atoms with E-state index in [0.29, 0.717) is 11.8 Å². The summed E-state index contributed by atoms with van der Waals surface area (Å²) in [5.41, 5.74) is 2.90. The molecule has 2 unspecified atom stereocenters. The lowest BCUT2D eigenvalue weighted by Gasteiger charge is -2.20. The average Bonchev–Trinajstić information content (AvgIpc) is 2.33. The Morgan fingerprint density at radius 3 is 2.82 bits per heavy atom. The Morgan fingerprint density at radius 1 is 1.47 bits per heavy atom. The van der Waals surface area contributed by atoms with E-state index in [1.165, 1.54) is 11.1 Å². The van der Waals surface area contributed by atoms with Crippen LogP contribution in [0.3, 0.4) is 0 Å². The Hall–Kier alpha value is -1.30. The third-order valence-electron chi connectivity index (χ3n) is 3.31. The molecular formula is C17H24. The number of hydrogen-bond donors (Lipinski definition) is 0. The fourth-order valence-electron chi connectivity index (χ4n) is 2.21. The molecule has 0 aromatic rings. The van der Waals surface area contributed by atoms with Gasteiger partial charge in [0, 0.05) is 0 Å². The van der Waals surface area contributed by atoms with Crippen LogP contribution in [-0.4, -0.2) is 0 Å². The van der Waals surface area contributed by atoms with Gasteiger partial charge in [0.25, 0.3) is 0 Å². The normalized spacial score (nSPS) is 21.9. The van der Waals surface area contributed by atoms with Gasteiger partial charge >= 0.3 is 0 Å². The molecule has 0 saturated carbocycles. The van der Waals surface area contributed by atoms with Gasteiger partial charge in [0.2, 0.25) is 0 Å². The lowest BCUT2D eigenvalue weighted by Crippen LogP contribution is -2.05. The van der Waals surface area contributed by atoms with Crippen LogP contribution in [0.15, 0.2) is 60.8 Å². The van der Waals surface area contributed by atoms with Crippen LogP contribution >= 0.6 is 0 Å². The topological polar surface area (TPSA) is 0 Å². The van der Waals surface area contributed by atoms with Gasteiger partial charge in [-0.05, 0) is 43.6 Å². The molecule has 0 aromatic carbocycles. The van der Waals surface area contributed by atoms with E-state index in [1.54, 1.807) is 0 Å². The molecule has 92 valence electrons. The maximum absolute atomic E-state index is 3.91. The van der Waals surface area contributed by atoms with Crippen molar-refractivity contribution in [3.05, 3.63) is 60.8 Å². The molecule has 0 spiro atoms. The van der Waals surface area contributed by atoms with Crippen molar-refractivity contribution in [2.45, 2.75) is 33.1 Å². The molecule has 0 heteroatoms. The Kier molecular flexibility index (Phi) is 5.76. The second-order valence-corrected chi connectivity index (χ2v) is 4.78. The van der Waals surface area contributed by atoms with Crippen molar-refractivity contribution in [3.63, 3.8) is 0 Å². The maximum atomic E-state index is 3.91. The quantitative estimate of drug-likeness (QED) is 0.546. The highest BCUT2D eigenvalue weighted by atomic mass is 14.2. The minimum Gasteiger partial charge on any atom is -0.103 e. The zero-order valence-corrected chi connectivity index (χ0v) is 11.2. The summed E-state index contributed by atoms with van der Waals surface area (Å²) in [4.78, 5) is 0. The standard InChI is InChI=1S/C17H24/c1-5-8-15(7-3)12-16-11-10-14(4)17(13-16)9-6-2/h5-7,9,11,13-15H,1,3,8,10,12H2,2,4H3. The maximum Gasteiger partial charge on any atom is -0.0156 e. The molecule has 0 fully saturated rings. The van der Waals surface area contributed by atoms with Crippen molar-refractivity contribution in [1.82, 2.24) is 0 Å². The van der Waals surface area contributed by atoms with Gasteiger partial charge in [-0.15, -0.1) is 13.2 Å². The first-order chi connectivity index (χ1) is 8.21. The van der Waals surface area contributed by atoms with Crippen molar-refractivity contribution in [3.8, 4) is 0 Å². The largest absolute Gasteiger partial charge is 0.103 e. The molecule has 1 aliphatic carbocycles. The predicted molar refractivity (Wildman–Crippen MR) is 77.9 cm³/mol. The van der Waals surface area contributed by atoms with Crippen LogP contribution in [0.5, 0.6) is 0 Å². The Labute approximate surface area is 106 Å². The number of allylic oxidation sites excluding steroid dienone is 8. The number of hydrogen-bond acceptors (Lipinski definition) is 0. The van der Waals surface area contributed by atoms with Gasteiger partial charge < -0.3 is 0 Å². The lowest BCUT2D eigenvalue weighted by molar-refractivity contribution is 0.640. The summed E-state index contributed by atoms with van der Waals surface area (Å²) < 4.78 is 0. The molecule has 0 aliphatic heterocycles. The Balaban J connectivity index is 2.72. The van der Waals surface area contributed by atoms with Crippen LogP contribution in [0.1, 0.15) is 33.1 Å². The molecule has 0 N–H and O–H groups in total. The van der Waals surface area contributed by atoms with E-state index in [4.69, 9.17) is 0 Å². The predicted octanol–water partition coefficient (Wildman–Crippen LogP) is 5.22.